The van der Waals surface area contributed by atoms with E-state index in [9.17, 15) is 0 Å². The van der Waals surface area contributed by atoms with Gasteiger partial charge in [0.15, 0.2) is 0 Å². The third kappa shape index (κ3) is 129. The summed E-state index contributed by atoms with van der Waals surface area (Å²) in [6.45, 7) is 1.99. The molecule has 0 aromatic heterocycles. The first-order valence-corrected chi connectivity index (χ1v) is 4.13. The zero-order valence-electron chi connectivity index (χ0n) is 5.56. The van der Waals surface area contributed by atoms with Crippen molar-refractivity contribution in [2.45, 2.75) is 19.8 Å². The molecule has 0 aromatic rings. The SMILES string of the molecule is CCCC#N.O=P(O)(O)O. The van der Waals surface area contributed by atoms with Gasteiger partial charge in [-0.05, 0) is 6.42 Å². The molecule has 0 heterocycles. The van der Waals surface area contributed by atoms with E-state index in [-0.39, 0.29) is 0 Å². The summed E-state index contributed by atoms with van der Waals surface area (Å²) in [5, 5.41) is 7.82. The maximum absolute atomic E-state index is 8.88. The van der Waals surface area contributed by atoms with Gasteiger partial charge in [0.05, 0.1) is 6.07 Å². The van der Waals surface area contributed by atoms with Crippen LogP contribution in [0.15, 0.2) is 0 Å². The topological polar surface area (TPSA) is 102 Å². The molecule has 0 spiro atoms. The maximum Gasteiger partial charge on any atom is 0.466 e. The minimum atomic E-state index is -4.64. The minimum absolute atomic E-state index is 0.694. The smallest absolute Gasteiger partial charge is 0.303 e. The number of hydrogen-bond acceptors (Lipinski definition) is 2. The van der Waals surface area contributed by atoms with Crippen LogP contribution in [0.1, 0.15) is 19.8 Å². The Hall–Kier alpha value is -0.400. The summed E-state index contributed by atoms with van der Waals surface area (Å²) in [6.07, 6.45) is 1.68. The third-order valence-electron chi connectivity index (χ3n) is 0.362. The van der Waals surface area contributed by atoms with Crippen LogP contribution >= 0.6 is 7.82 Å². The van der Waals surface area contributed by atoms with E-state index in [0.29, 0.717) is 6.42 Å². The zero-order valence-corrected chi connectivity index (χ0v) is 6.45. The second-order valence-electron chi connectivity index (χ2n) is 1.42. The van der Waals surface area contributed by atoms with Crippen LogP contribution in [-0.2, 0) is 4.57 Å². The van der Waals surface area contributed by atoms with Gasteiger partial charge in [0.2, 0.25) is 0 Å². The molecule has 0 fully saturated rings. The Labute approximate surface area is 59.2 Å². The standard InChI is InChI=1S/C4H7N.H3O4P/c1-2-3-4-5;1-5(2,3)4/h2-3H2,1H3;(H3,1,2,3,4). The van der Waals surface area contributed by atoms with Gasteiger partial charge >= 0.3 is 7.82 Å². The number of phosphoric acid groups is 1. The van der Waals surface area contributed by atoms with Crippen molar-refractivity contribution in [3.8, 4) is 6.07 Å². The normalized spacial score (nSPS) is 9.10. The van der Waals surface area contributed by atoms with Crippen molar-refractivity contribution in [2.24, 2.45) is 0 Å². The number of hydrogen-bond donors (Lipinski definition) is 3. The Morgan fingerprint density at radius 2 is 1.80 bits per heavy atom. The Balaban J connectivity index is 0. The van der Waals surface area contributed by atoms with Crippen LogP contribution < -0.4 is 0 Å². The van der Waals surface area contributed by atoms with E-state index in [1.54, 1.807) is 0 Å². The Morgan fingerprint density at radius 1 is 1.50 bits per heavy atom. The van der Waals surface area contributed by atoms with Crippen LogP contribution in [0.3, 0.4) is 0 Å². The molecule has 0 rings (SSSR count). The highest BCUT2D eigenvalue weighted by molar-refractivity contribution is 7.45. The molecule has 0 saturated carbocycles. The van der Waals surface area contributed by atoms with Crippen LogP contribution in [0.5, 0.6) is 0 Å². The van der Waals surface area contributed by atoms with Crippen molar-refractivity contribution < 1.29 is 19.2 Å². The van der Waals surface area contributed by atoms with Gasteiger partial charge in [-0.15, -0.1) is 0 Å². The molecule has 0 aromatic carbocycles. The fourth-order valence-electron chi connectivity index (χ4n) is 0.112. The summed E-state index contributed by atoms with van der Waals surface area (Å²) in [6, 6.07) is 2.02. The average Bonchev–Trinajstić information content (AvgIpc) is 1.63. The molecule has 6 heteroatoms. The van der Waals surface area contributed by atoms with E-state index in [1.165, 1.54) is 0 Å². The number of nitrogens with zero attached hydrogens (tertiary/aromatic N) is 1. The fourth-order valence-corrected chi connectivity index (χ4v) is 0.112. The van der Waals surface area contributed by atoms with Crippen LogP contribution in [0, 0.1) is 11.3 Å². The van der Waals surface area contributed by atoms with Crippen LogP contribution in [0.4, 0.5) is 0 Å². The van der Waals surface area contributed by atoms with Crippen LogP contribution in [-0.4, -0.2) is 14.7 Å². The minimum Gasteiger partial charge on any atom is -0.303 e. The van der Waals surface area contributed by atoms with Gasteiger partial charge in [0.25, 0.3) is 0 Å². The van der Waals surface area contributed by atoms with Crippen LogP contribution in [0.2, 0.25) is 0 Å². The second-order valence-corrected chi connectivity index (χ2v) is 2.45. The number of unbranched alkanes of at least 4 members (excludes halogenated alkanes) is 1. The Bertz CT molecular complexity index is 138. The van der Waals surface area contributed by atoms with E-state index in [1.807, 2.05) is 13.0 Å². The van der Waals surface area contributed by atoms with Crippen molar-refractivity contribution >= 4 is 7.82 Å². The molecule has 0 aliphatic heterocycles. The Morgan fingerprint density at radius 3 is 1.80 bits per heavy atom. The lowest BCUT2D eigenvalue weighted by Crippen LogP contribution is -1.66. The zero-order chi connectivity index (χ0) is 8.62. The van der Waals surface area contributed by atoms with Gasteiger partial charge in [0, 0.05) is 6.42 Å². The number of nitriles is 1. The summed E-state index contributed by atoms with van der Waals surface area (Å²) in [5.41, 5.74) is 0. The molecular formula is C4H10NO4P. The Kier molecular flexibility index (Phi) is 8.26. The van der Waals surface area contributed by atoms with Crippen molar-refractivity contribution in [3.63, 3.8) is 0 Å². The predicted molar refractivity (Wildman–Crippen MR) is 34.8 cm³/mol. The highest BCUT2D eigenvalue weighted by Crippen LogP contribution is 2.25. The fraction of sp³-hybridized carbons (Fsp3) is 0.750. The van der Waals surface area contributed by atoms with E-state index in [2.05, 4.69) is 0 Å². The molecule has 0 radical (unpaired) electrons. The van der Waals surface area contributed by atoms with Crippen molar-refractivity contribution in [2.75, 3.05) is 0 Å². The maximum atomic E-state index is 8.88. The van der Waals surface area contributed by atoms with Gasteiger partial charge in [-0.25, -0.2) is 4.57 Å². The molecule has 0 amide bonds. The molecule has 60 valence electrons. The second kappa shape index (κ2) is 6.72. The highest BCUT2D eigenvalue weighted by atomic mass is 31.2. The van der Waals surface area contributed by atoms with Gasteiger partial charge in [0.1, 0.15) is 0 Å². The van der Waals surface area contributed by atoms with Gasteiger partial charge in [-0.3, -0.25) is 0 Å². The largest absolute Gasteiger partial charge is 0.466 e. The first kappa shape index (κ1) is 12.3. The van der Waals surface area contributed by atoms with Crippen molar-refractivity contribution in [1.82, 2.24) is 0 Å². The molecule has 3 N–H and O–H groups in total. The van der Waals surface area contributed by atoms with Crippen molar-refractivity contribution in [3.05, 3.63) is 0 Å². The van der Waals surface area contributed by atoms with Crippen LogP contribution in [0.25, 0.3) is 0 Å². The third-order valence-corrected chi connectivity index (χ3v) is 0.362. The molecule has 0 bridgehead atoms. The first-order valence-electron chi connectivity index (χ1n) is 2.57. The first-order chi connectivity index (χ1) is 4.41. The van der Waals surface area contributed by atoms with Crippen molar-refractivity contribution in [1.29, 1.82) is 5.26 Å². The lowest BCUT2D eigenvalue weighted by molar-refractivity contribution is 0.275. The number of rotatable bonds is 1. The van der Waals surface area contributed by atoms with Gasteiger partial charge in [-0.1, -0.05) is 6.92 Å². The lowest BCUT2D eigenvalue weighted by atomic mass is 10.4. The summed E-state index contributed by atoms with van der Waals surface area (Å²) in [5.74, 6) is 0. The predicted octanol–water partition coefficient (Wildman–Crippen LogP) is 0.381. The average molecular weight is 167 g/mol. The van der Waals surface area contributed by atoms with E-state index < -0.39 is 7.82 Å². The van der Waals surface area contributed by atoms with E-state index in [4.69, 9.17) is 24.5 Å². The molecule has 10 heavy (non-hydrogen) atoms. The molecule has 0 saturated heterocycles. The van der Waals surface area contributed by atoms with E-state index >= 15 is 0 Å². The van der Waals surface area contributed by atoms with E-state index in [0.717, 1.165) is 6.42 Å². The summed E-state index contributed by atoms with van der Waals surface area (Å²) in [7, 11) is -4.64. The lowest BCUT2D eigenvalue weighted by Gasteiger charge is -1.82. The summed E-state index contributed by atoms with van der Waals surface area (Å²) in [4.78, 5) is 21.6. The molecule has 0 atom stereocenters. The van der Waals surface area contributed by atoms with Gasteiger partial charge < -0.3 is 14.7 Å². The monoisotopic (exact) mass is 167 g/mol. The quantitative estimate of drug-likeness (QED) is 0.490. The van der Waals surface area contributed by atoms with Gasteiger partial charge in [-0.2, -0.15) is 5.26 Å². The highest BCUT2D eigenvalue weighted by Gasteiger charge is 2.00. The molecule has 0 aliphatic carbocycles. The summed E-state index contributed by atoms with van der Waals surface area (Å²) < 4.78 is 8.88. The molecule has 0 aliphatic rings. The molecule has 0 unspecified atom stereocenters. The summed E-state index contributed by atoms with van der Waals surface area (Å²) >= 11 is 0. The molecule has 5 nitrogen and oxygen atoms in total. The molecular weight excluding hydrogens is 157 g/mol.